The van der Waals surface area contributed by atoms with Crippen molar-refractivity contribution in [2.24, 2.45) is 11.5 Å². The van der Waals surface area contributed by atoms with Crippen LogP contribution in [-0.4, -0.2) is 78.0 Å². The van der Waals surface area contributed by atoms with E-state index in [0.29, 0.717) is 12.8 Å². The van der Waals surface area contributed by atoms with Crippen LogP contribution in [-0.2, 0) is 23.9 Å². The quantitative estimate of drug-likeness (QED) is 0.0743. The fraction of sp³-hybridized carbons (Fsp3) is 0.722. The molecule has 1 rings (SSSR count). The van der Waals surface area contributed by atoms with E-state index in [1.165, 1.54) is 0 Å². The number of methoxy groups -OCH3 is 1. The van der Waals surface area contributed by atoms with Gasteiger partial charge in [-0.25, -0.2) is 9.59 Å². The van der Waals surface area contributed by atoms with E-state index in [4.69, 9.17) is 21.6 Å². The Balaban J connectivity index is 3.31. The van der Waals surface area contributed by atoms with Crippen molar-refractivity contribution >= 4 is 29.7 Å². The molecule has 0 aromatic carbocycles. The number of hydrogen-bond acceptors (Lipinski definition) is 7. The number of ether oxygens (including phenoxy) is 1. The highest BCUT2D eigenvalue weighted by atomic mass is 16.5. The van der Waals surface area contributed by atoms with Gasteiger partial charge < -0.3 is 36.8 Å². The summed E-state index contributed by atoms with van der Waals surface area (Å²) in [5.41, 5.74) is 8.23. The van der Waals surface area contributed by atoms with E-state index in [1.807, 2.05) is 0 Å². The zero-order chi connectivity index (χ0) is 22.7. The summed E-state index contributed by atoms with van der Waals surface area (Å²) in [6, 6.07) is -0.489. The van der Waals surface area contributed by atoms with E-state index >= 15 is 0 Å². The Hall–Kier alpha value is -2.89. The Morgan fingerprint density at radius 3 is 2.33 bits per heavy atom. The van der Waals surface area contributed by atoms with E-state index in [-0.39, 0.29) is 31.9 Å². The van der Waals surface area contributed by atoms with Crippen LogP contribution in [0.5, 0.6) is 0 Å². The Bertz CT molecular complexity index is 651. The Morgan fingerprint density at radius 1 is 1.20 bits per heavy atom. The van der Waals surface area contributed by atoms with Gasteiger partial charge in [0.1, 0.15) is 0 Å². The van der Waals surface area contributed by atoms with Gasteiger partial charge in [-0.05, 0) is 25.7 Å². The molecule has 1 aliphatic carbocycles. The summed E-state index contributed by atoms with van der Waals surface area (Å²) >= 11 is 0. The molecule has 0 saturated heterocycles. The predicted molar refractivity (Wildman–Crippen MR) is 107 cm³/mol. The molecule has 12 nitrogen and oxygen atoms in total. The Kier molecular flexibility index (Phi) is 10.0. The number of carboxylic acid groups (broad SMARTS) is 1. The third kappa shape index (κ3) is 6.31. The van der Waals surface area contributed by atoms with Crippen molar-refractivity contribution in [1.29, 1.82) is 5.41 Å². The number of rotatable bonds is 11. The first kappa shape index (κ1) is 25.1. The van der Waals surface area contributed by atoms with Gasteiger partial charge in [0.2, 0.25) is 17.4 Å². The molecule has 1 fully saturated rings. The molecule has 0 unspecified atom stereocenters. The Morgan fingerprint density at radius 2 is 1.83 bits per heavy atom. The standard InChI is InChI=1S/C18H32N6O6/c1-30-16(29)18(15(27)28,8-5-9-22-17(20)21)24(12-6-3-2-4-7-12)14(26)11-23-13(25)10-19/h12H,2-11,19H2,1H3,(H,23,25)(H,27,28)(H4,20,21,22)/t18-/m0/s1. The lowest BCUT2D eigenvalue weighted by Crippen LogP contribution is -2.67. The van der Waals surface area contributed by atoms with Crippen molar-refractivity contribution in [3.8, 4) is 0 Å². The maximum absolute atomic E-state index is 13.1. The van der Waals surface area contributed by atoms with Crippen molar-refractivity contribution in [2.45, 2.75) is 56.5 Å². The summed E-state index contributed by atoms with van der Waals surface area (Å²) in [7, 11) is 1.06. The number of aliphatic carboxylic acids is 1. The number of carbonyl (C=O) groups excluding carboxylic acids is 3. The monoisotopic (exact) mass is 428 g/mol. The molecule has 0 aromatic heterocycles. The maximum Gasteiger partial charge on any atom is 0.343 e. The molecule has 2 amide bonds. The predicted octanol–water partition coefficient (Wildman–Crippen LogP) is -1.52. The molecular formula is C18H32N6O6. The number of carboxylic acids is 1. The summed E-state index contributed by atoms with van der Waals surface area (Å²) < 4.78 is 4.82. The number of esters is 1. The molecule has 0 bridgehead atoms. The average Bonchev–Trinajstić information content (AvgIpc) is 2.73. The normalized spacial score (nSPS) is 16.1. The molecular weight excluding hydrogens is 396 g/mol. The number of amides is 2. The first-order valence-electron chi connectivity index (χ1n) is 9.89. The second kappa shape index (κ2) is 12.0. The van der Waals surface area contributed by atoms with Gasteiger partial charge in [-0.2, -0.15) is 0 Å². The zero-order valence-corrected chi connectivity index (χ0v) is 17.2. The van der Waals surface area contributed by atoms with Crippen LogP contribution in [0.25, 0.3) is 0 Å². The lowest BCUT2D eigenvalue weighted by Gasteiger charge is -2.44. The molecule has 0 radical (unpaired) electrons. The van der Waals surface area contributed by atoms with Crippen LogP contribution in [0.3, 0.4) is 0 Å². The fourth-order valence-electron chi connectivity index (χ4n) is 3.75. The van der Waals surface area contributed by atoms with Crippen LogP contribution in [0, 0.1) is 5.41 Å². The smallest absolute Gasteiger partial charge is 0.343 e. The van der Waals surface area contributed by atoms with Gasteiger partial charge in [0.15, 0.2) is 5.96 Å². The number of carbonyl (C=O) groups is 4. The van der Waals surface area contributed by atoms with E-state index in [2.05, 4.69) is 10.6 Å². The average molecular weight is 428 g/mol. The second-order valence-corrected chi connectivity index (χ2v) is 7.14. The van der Waals surface area contributed by atoms with Gasteiger partial charge in [-0.1, -0.05) is 19.3 Å². The number of nitrogens with one attached hydrogen (secondary N) is 3. The first-order chi connectivity index (χ1) is 14.2. The molecule has 1 aliphatic rings. The number of nitrogens with two attached hydrogens (primary N) is 2. The highest BCUT2D eigenvalue weighted by Gasteiger charge is 2.56. The zero-order valence-electron chi connectivity index (χ0n) is 17.2. The molecule has 0 heterocycles. The van der Waals surface area contributed by atoms with Crippen LogP contribution >= 0.6 is 0 Å². The van der Waals surface area contributed by atoms with Crippen LogP contribution < -0.4 is 22.1 Å². The third-order valence-corrected chi connectivity index (χ3v) is 5.15. The SMILES string of the molecule is COC(=O)[C@](CCCNC(=N)N)(C(=O)O)N(C(=O)CNC(=O)CN)C1CCCCC1. The minimum Gasteiger partial charge on any atom is -0.479 e. The number of guanidine groups is 1. The van der Waals surface area contributed by atoms with Gasteiger partial charge in [0.25, 0.3) is 0 Å². The molecule has 0 spiro atoms. The van der Waals surface area contributed by atoms with Gasteiger partial charge >= 0.3 is 11.9 Å². The minimum absolute atomic E-state index is 0.132. The molecule has 1 atom stereocenters. The van der Waals surface area contributed by atoms with Gasteiger partial charge in [-0.15, -0.1) is 0 Å². The van der Waals surface area contributed by atoms with E-state index < -0.39 is 41.9 Å². The van der Waals surface area contributed by atoms with Crippen molar-refractivity contribution in [3.05, 3.63) is 0 Å². The van der Waals surface area contributed by atoms with E-state index in [9.17, 15) is 24.3 Å². The molecule has 8 N–H and O–H groups in total. The van der Waals surface area contributed by atoms with E-state index in [1.54, 1.807) is 0 Å². The van der Waals surface area contributed by atoms with Crippen LogP contribution in [0.1, 0.15) is 44.9 Å². The van der Waals surface area contributed by atoms with Gasteiger partial charge in [0.05, 0.1) is 20.2 Å². The summed E-state index contributed by atoms with van der Waals surface area (Å²) in [6.45, 7) is -0.670. The van der Waals surface area contributed by atoms with Crippen molar-refractivity contribution in [3.63, 3.8) is 0 Å². The second-order valence-electron chi connectivity index (χ2n) is 7.14. The van der Waals surface area contributed by atoms with Gasteiger partial charge in [-0.3, -0.25) is 15.0 Å². The number of nitrogens with zero attached hydrogens (tertiary/aromatic N) is 1. The molecule has 0 aliphatic heterocycles. The summed E-state index contributed by atoms with van der Waals surface area (Å²) in [5, 5.41) is 22.2. The molecule has 170 valence electrons. The highest BCUT2D eigenvalue weighted by Crippen LogP contribution is 2.33. The van der Waals surface area contributed by atoms with Gasteiger partial charge in [0, 0.05) is 12.6 Å². The van der Waals surface area contributed by atoms with Crippen LogP contribution in [0.15, 0.2) is 0 Å². The van der Waals surface area contributed by atoms with Crippen LogP contribution in [0.2, 0.25) is 0 Å². The molecule has 1 saturated carbocycles. The first-order valence-corrected chi connectivity index (χ1v) is 9.89. The Labute approximate surface area is 175 Å². The topological polar surface area (TPSA) is 201 Å². The largest absolute Gasteiger partial charge is 0.479 e. The lowest BCUT2D eigenvalue weighted by atomic mass is 9.85. The molecule has 0 aromatic rings. The van der Waals surface area contributed by atoms with Crippen molar-refractivity contribution < 1.29 is 29.0 Å². The fourth-order valence-corrected chi connectivity index (χ4v) is 3.75. The maximum atomic E-state index is 13.1. The highest BCUT2D eigenvalue weighted by molar-refractivity contribution is 6.07. The molecule has 30 heavy (non-hydrogen) atoms. The summed E-state index contributed by atoms with van der Waals surface area (Å²) in [6.07, 6.45) is 3.47. The molecule has 12 heteroatoms. The minimum atomic E-state index is -2.26. The summed E-state index contributed by atoms with van der Waals surface area (Å²) in [5.74, 6) is -4.14. The van der Waals surface area contributed by atoms with Crippen LogP contribution in [0.4, 0.5) is 0 Å². The third-order valence-electron chi connectivity index (χ3n) is 5.15. The van der Waals surface area contributed by atoms with Crippen molar-refractivity contribution in [1.82, 2.24) is 15.5 Å². The summed E-state index contributed by atoms with van der Waals surface area (Å²) in [4.78, 5) is 50.9. The number of hydrogen-bond donors (Lipinski definition) is 6. The van der Waals surface area contributed by atoms with Crippen molar-refractivity contribution in [2.75, 3.05) is 26.7 Å². The van der Waals surface area contributed by atoms with E-state index in [0.717, 1.165) is 31.3 Å². The lowest BCUT2D eigenvalue weighted by molar-refractivity contribution is -0.179.